The maximum absolute atomic E-state index is 12.5. The van der Waals surface area contributed by atoms with Gasteiger partial charge in [0.1, 0.15) is 6.54 Å². The molecule has 0 fully saturated rings. The molecule has 2 rings (SSSR count). The number of rotatable bonds is 12. The van der Waals surface area contributed by atoms with Gasteiger partial charge in [-0.3, -0.25) is 19.7 Å². The zero-order chi connectivity index (χ0) is 22.6. The maximum atomic E-state index is 12.5. The average molecular weight is 469 g/mol. The number of nitrogens with one attached hydrogen (secondary N) is 2. The molecule has 2 amide bonds. The Morgan fingerprint density at radius 3 is 2.48 bits per heavy atom. The lowest BCUT2D eigenvalue weighted by Gasteiger charge is -2.12. The average Bonchev–Trinajstić information content (AvgIpc) is 3.19. The lowest BCUT2D eigenvalue weighted by Crippen LogP contribution is -2.31. The largest absolute Gasteiger partial charge is 0.490 e. The lowest BCUT2D eigenvalue weighted by molar-refractivity contribution is -0.143. The van der Waals surface area contributed by atoms with Crippen LogP contribution in [0.5, 0.6) is 11.5 Å². The van der Waals surface area contributed by atoms with Gasteiger partial charge in [-0.25, -0.2) is 0 Å². The minimum absolute atomic E-state index is 0.0542. The minimum Gasteiger partial charge on any atom is -0.490 e. The second-order valence-corrected chi connectivity index (χ2v) is 7.93. The molecule has 2 N–H and O–H groups in total. The Bertz CT molecular complexity index is 905. The summed E-state index contributed by atoms with van der Waals surface area (Å²) in [6.45, 7) is 6.40. The van der Waals surface area contributed by atoms with Gasteiger partial charge >= 0.3 is 5.97 Å². The number of hydrogen-bond acceptors (Lipinski definition) is 10. The topological polar surface area (TPSA) is 129 Å². The van der Waals surface area contributed by atoms with Crippen molar-refractivity contribution in [1.82, 2.24) is 15.5 Å². The van der Waals surface area contributed by atoms with Crippen molar-refractivity contribution in [3.8, 4) is 11.5 Å². The van der Waals surface area contributed by atoms with Crippen LogP contribution in [-0.2, 0) is 14.3 Å². The van der Waals surface area contributed by atoms with Gasteiger partial charge in [0.15, 0.2) is 15.8 Å². The molecule has 12 heteroatoms. The molecule has 168 valence electrons. The highest BCUT2D eigenvalue weighted by Crippen LogP contribution is 2.30. The van der Waals surface area contributed by atoms with Crippen molar-refractivity contribution < 1.29 is 28.6 Å². The molecule has 31 heavy (non-hydrogen) atoms. The summed E-state index contributed by atoms with van der Waals surface area (Å²) in [7, 11) is 0. The summed E-state index contributed by atoms with van der Waals surface area (Å²) < 4.78 is 16.3. The highest BCUT2D eigenvalue weighted by Gasteiger charge is 2.15. The Labute approximate surface area is 188 Å². The van der Waals surface area contributed by atoms with Gasteiger partial charge in [0.25, 0.3) is 5.91 Å². The van der Waals surface area contributed by atoms with Crippen molar-refractivity contribution >= 4 is 46.0 Å². The Morgan fingerprint density at radius 2 is 1.77 bits per heavy atom. The van der Waals surface area contributed by atoms with Crippen LogP contribution in [0.2, 0.25) is 0 Å². The molecule has 0 spiro atoms. The zero-order valence-corrected chi connectivity index (χ0v) is 19.1. The third-order valence-corrected chi connectivity index (χ3v) is 5.47. The van der Waals surface area contributed by atoms with Crippen LogP contribution in [0, 0.1) is 0 Å². The smallest absolute Gasteiger partial charge is 0.325 e. The molecule has 0 aliphatic carbocycles. The van der Waals surface area contributed by atoms with E-state index in [4.69, 9.17) is 14.2 Å². The third kappa shape index (κ3) is 8.06. The summed E-state index contributed by atoms with van der Waals surface area (Å²) in [6, 6.07) is 4.92. The molecular weight excluding hydrogens is 444 g/mol. The van der Waals surface area contributed by atoms with Gasteiger partial charge in [0.2, 0.25) is 11.0 Å². The number of hydrogen-bond donors (Lipinski definition) is 2. The first-order chi connectivity index (χ1) is 15.0. The highest BCUT2D eigenvalue weighted by atomic mass is 32.2. The quantitative estimate of drug-likeness (QED) is 0.274. The van der Waals surface area contributed by atoms with Crippen molar-refractivity contribution in [2.24, 2.45) is 0 Å². The van der Waals surface area contributed by atoms with E-state index in [2.05, 4.69) is 20.8 Å². The van der Waals surface area contributed by atoms with E-state index in [0.717, 1.165) is 23.1 Å². The van der Waals surface area contributed by atoms with E-state index >= 15 is 0 Å². The molecule has 0 aliphatic rings. The van der Waals surface area contributed by atoms with Crippen molar-refractivity contribution in [1.29, 1.82) is 0 Å². The van der Waals surface area contributed by atoms with E-state index < -0.39 is 5.97 Å². The summed E-state index contributed by atoms with van der Waals surface area (Å²) in [4.78, 5) is 35.5. The monoisotopic (exact) mass is 468 g/mol. The number of ether oxygens (including phenoxy) is 3. The number of esters is 1. The summed E-state index contributed by atoms with van der Waals surface area (Å²) in [6.07, 6.45) is 0. The first-order valence-corrected chi connectivity index (χ1v) is 11.4. The molecule has 0 atom stereocenters. The molecule has 0 saturated carbocycles. The summed E-state index contributed by atoms with van der Waals surface area (Å²) >= 11 is 2.28. The number of carbonyl (C=O) groups is 3. The van der Waals surface area contributed by atoms with Crippen molar-refractivity contribution in [2.75, 3.05) is 37.4 Å². The molecule has 0 aliphatic heterocycles. The van der Waals surface area contributed by atoms with Gasteiger partial charge in [0, 0.05) is 5.56 Å². The van der Waals surface area contributed by atoms with E-state index in [1.807, 2.05) is 13.8 Å². The lowest BCUT2D eigenvalue weighted by atomic mass is 10.2. The third-order valence-electron chi connectivity index (χ3n) is 3.49. The fraction of sp³-hybridized carbons (Fsp3) is 0.421. The Kier molecular flexibility index (Phi) is 10.0. The van der Waals surface area contributed by atoms with Gasteiger partial charge < -0.3 is 19.5 Å². The zero-order valence-electron chi connectivity index (χ0n) is 17.4. The van der Waals surface area contributed by atoms with Crippen LogP contribution in [-0.4, -0.2) is 60.1 Å². The predicted molar refractivity (Wildman–Crippen MR) is 117 cm³/mol. The van der Waals surface area contributed by atoms with Gasteiger partial charge in [0.05, 0.1) is 25.6 Å². The summed E-state index contributed by atoms with van der Waals surface area (Å²) in [5, 5.41) is 13.3. The van der Waals surface area contributed by atoms with E-state index in [9.17, 15) is 14.4 Å². The van der Waals surface area contributed by atoms with Crippen LogP contribution in [0.15, 0.2) is 22.5 Å². The molecule has 1 aromatic carbocycles. The highest BCUT2D eigenvalue weighted by molar-refractivity contribution is 8.01. The van der Waals surface area contributed by atoms with Gasteiger partial charge in [-0.2, -0.15) is 0 Å². The van der Waals surface area contributed by atoms with Crippen LogP contribution >= 0.6 is 23.1 Å². The SMILES string of the molecule is CCOC(=O)CNC(=O)CSc1nnc(NC(=O)c2ccc(OCC)c(OCC)c2)s1. The first-order valence-electron chi connectivity index (χ1n) is 9.56. The predicted octanol–water partition coefficient (Wildman–Crippen LogP) is 2.36. The normalized spacial score (nSPS) is 10.3. The second-order valence-electron chi connectivity index (χ2n) is 5.73. The molecule has 0 radical (unpaired) electrons. The Balaban J connectivity index is 1.89. The number of anilines is 1. The fourth-order valence-corrected chi connectivity index (χ4v) is 3.82. The Morgan fingerprint density at radius 1 is 1.03 bits per heavy atom. The number of amides is 2. The molecule has 0 unspecified atom stereocenters. The standard InChI is InChI=1S/C19H24N4O6S2/c1-4-27-13-8-7-12(9-14(13)28-5-2)17(26)21-18-22-23-19(31-18)30-11-15(24)20-10-16(25)29-6-3/h7-9H,4-6,10-11H2,1-3H3,(H,20,24)(H,21,22,26). The van der Waals surface area contributed by atoms with Crippen LogP contribution in [0.4, 0.5) is 5.13 Å². The first kappa shape index (κ1) is 24.4. The molecular formula is C19H24N4O6S2. The van der Waals surface area contributed by atoms with Gasteiger partial charge in [-0.1, -0.05) is 23.1 Å². The van der Waals surface area contributed by atoms with Gasteiger partial charge in [-0.15, -0.1) is 10.2 Å². The molecule has 1 heterocycles. The van der Waals surface area contributed by atoms with Crippen LogP contribution < -0.4 is 20.1 Å². The van der Waals surface area contributed by atoms with E-state index in [1.165, 1.54) is 0 Å². The number of aromatic nitrogens is 2. The van der Waals surface area contributed by atoms with Crippen LogP contribution in [0.1, 0.15) is 31.1 Å². The summed E-state index contributed by atoms with van der Waals surface area (Å²) in [5.41, 5.74) is 0.384. The summed E-state index contributed by atoms with van der Waals surface area (Å²) in [5.74, 6) is -0.0984. The maximum Gasteiger partial charge on any atom is 0.325 e. The molecule has 1 aromatic heterocycles. The van der Waals surface area contributed by atoms with E-state index in [-0.39, 0.29) is 30.7 Å². The second kappa shape index (κ2) is 12.7. The van der Waals surface area contributed by atoms with Crippen LogP contribution in [0.3, 0.4) is 0 Å². The number of nitrogens with zero attached hydrogens (tertiary/aromatic N) is 2. The molecule has 2 aromatic rings. The minimum atomic E-state index is -0.497. The van der Waals surface area contributed by atoms with E-state index in [0.29, 0.717) is 39.7 Å². The van der Waals surface area contributed by atoms with E-state index in [1.54, 1.807) is 25.1 Å². The number of benzene rings is 1. The molecule has 0 bridgehead atoms. The van der Waals surface area contributed by atoms with Crippen molar-refractivity contribution in [3.05, 3.63) is 23.8 Å². The molecule has 0 saturated heterocycles. The fourth-order valence-electron chi connectivity index (χ4n) is 2.24. The Hall–Kier alpha value is -2.86. The van der Waals surface area contributed by atoms with Crippen LogP contribution in [0.25, 0.3) is 0 Å². The number of carbonyl (C=O) groups excluding carboxylic acids is 3. The number of thioether (sulfide) groups is 1. The van der Waals surface area contributed by atoms with Gasteiger partial charge in [-0.05, 0) is 39.0 Å². The van der Waals surface area contributed by atoms with Crippen molar-refractivity contribution in [2.45, 2.75) is 25.1 Å². The molecule has 10 nitrogen and oxygen atoms in total. The van der Waals surface area contributed by atoms with Crippen molar-refractivity contribution in [3.63, 3.8) is 0 Å².